The van der Waals surface area contributed by atoms with E-state index in [1.807, 2.05) is 9.97 Å². The number of rotatable bonds is 0. The molecule has 0 saturated heterocycles. The fourth-order valence-corrected chi connectivity index (χ4v) is 2.03. The van der Waals surface area contributed by atoms with Crippen molar-refractivity contribution in [3.63, 3.8) is 0 Å². The van der Waals surface area contributed by atoms with Crippen molar-refractivity contribution >= 4 is 22.3 Å². The minimum atomic E-state index is -0.967. The van der Waals surface area contributed by atoms with Gasteiger partial charge in [0.1, 0.15) is 0 Å². The molecule has 0 aliphatic rings. The van der Waals surface area contributed by atoms with Gasteiger partial charge >= 0.3 is 33.5 Å². The van der Waals surface area contributed by atoms with E-state index in [1.54, 1.807) is 0 Å². The van der Waals surface area contributed by atoms with Gasteiger partial charge < -0.3 is 5.21 Å². The first kappa shape index (κ1) is 12.8. The second-order valence-electron chi connectivity index (χ2n) is 4.39. The van der Waals surface area contributed by atoms with Gasteiger partial charge in [0.25, 0.3) is 0 Å². The zero-order chi connectivity index (χ0) is 15.5. The normalized spacial score (nSPS) is 11.3. The molecule has 0 aliphatic carbocycles. The zero-order valence-electron chi connectivity index (χ0n) is 10.8. The molecular weight excluding hydrogens is 284 g/mol. The maximum absolute atomic E-state index is 12.3. The minimum absolute atomic E-state index is 0.0637. The topological polar surface area (TPSA) is 150 Å². The number of H-pyrrole nitrogens is 2. The lowest BCUT2D eigenvalue weighted by molar-refractivity contribution is -0.549. The Morgan fingerprint density at radius 3 is 1.67 bits per heavy atom. The van der Waals surface area contributed by atoms with Gasteiger partial charge in [-0.1, -0.05) is 0 Å². The molecule has 0 aromatic carbocycles. The van der Waals surface area contributed by atoms with Gasteiger partial charge in [0, 0.05) is 14.1 Å². The predicted octanol–water partition coefficient (Wildman–Crippen LogP) is -3.20. The number of fused-ring (bicyclic) bond motifs is 2. The number of hydrogen-bond acceptors (Lipinski definition) is 6. The summed E-state index contributed by atoms with van der Waals surface area (Å²) >= 11 is 0. The molecule has 0 fully saturated rings. The molecule has 0 saturated carbocycles. The Morgan fingerprint density at radius 2 is 1.29 bits per heavy atom. The summed E-state index contributed by atoms with van der Waals surface area (Å²) in [7, 11) is 2.59. The van der Waals surface area contributed by atoms with E-state index in [-0.39, 0.29) is 16.0 Å². The summed E-state index contributed by atoms with van der Waals surface area (Å²) in [5.41, 5.74) is -4.92. The van der Waals surface area contributed by atoms with Gasteiger partial charge in [-0.2, -0.15) is 4.98 Å². The number of nitrogens with one attached hydrogen (secondary N) is 2. The van der Waals surface area contributed by atoms with Crippen LogP contribution >= 0.6 is 0 Å². The molecule has 2 N–H and O–H groups in total. The lowest BCUT2D eigenvalue weighted by Gasteiger charge is -2.07. The van der Waals surface area contributed by atoms with Crippen molar-refractivity contribution in [3.8, 4) is 0 Å². The SMILES string of the molecule is Cn1c(=O)[nH]c(=O)c2c1nc1c(c(=O)[nH]c(=O)n1C)[n+]2[O-]. The van der Waals surface area contributed by atoms with Gasteiger partial charge in [-0.3, -0.25) is 28.7 Å². The van der Waals surface area contributed by atoms with Crippen LogP contribution in [-0.2, 0) is 14.1 Å². The van der Waals surface area contributed by atoms with Gasteiger partial charge in [0.15, 0.2) is 0 Å². The third kappa shape index (κ3) is 1.54. The second kappa shape index (κ2) is 3.88. The molecule has 0 spiro atoms. The van der Waals surface area contributed by atoms with Crippen LogP contribution in [-0.4, -0.2) is 24.1 Å². The summed E-state index contributed by atoms with van der Waals surface area (Å²) < 4.78 is 1.95. The average Bonchev–Trinajstić information content (AvgIpc) is 2.41. The molecule has 21 heavy (non-hydrogen) atoms. The fraction of sp³-hybridized carbons (Fsp3) is 0.200. The molecule has 3 aromatic rings. The highest BCUT2D eigenvalue weighted by molar-refractivity contribution is 5.75. The van der Waals surface area contributed by atoms with E-state index < -0.39 is 33.5 Å². The van der Waals surface area contributed by atoms with Crippen LogP contribution in [0, 0.1) is 5.21 Å². The number of aromatic amines is 2. The van der Waals surface area contributed by atoms with Crippen LogP contribution in [0.2, 0.25) is 0 Å². The van der Waals surface area contributed by atoms with Crippen LogP contribution in [0.3, 0.4) is 0 Å². The molecule has 0 atom stereocenters. The Kier molecular flexibility index (Phi) is 2.36. The molecule has 0 aliphatic heterocycles. The summed E-state index contributed by atoms with van der Waals surface area (Å²) in [6.45, 7) is 0. The van der Waals surface area contributed by atoms with Crippen molar-refractivity contribution in [2.24, 2.45) is 14.1 Å². The smallest absolute Gasteiger partial charge is 0.330 e. The van der Waals surface area contributed by atoms with Crippen molar-refractivity contribution in [2.75, 3.05) is 0 Å². The van der Waals surface area contributed by atoms with Crippen LogP contribution in [0.15, 0.2) is 19.2 Å². The van der Waals surface area contributed by atoms with E-state index >= 15 is 0 Å². The molecule has 0 amide bonds. The van der Waals surface area contributed by atoms with Crippen LogP contribution in [0.25, 0.3) is 22.3 Å². The lowest BCUT2D eigenvalue weighted by atomic mass is 10.4. The van der Waals surface area contributed by atoms with E-state index in [4.69, 9.17) is 0 Å². The summed E-state index contributed by atoms with van der Waals surface area (Å²) in [5, 5.41) is 12.3. The van der Waals surface area contributed by atoms with Gasteiger partial charge in [-0.25, -0.2) is 9.59 Å². The number of hydrogen-bond donors (Lipinski definition) is 2. The summed E-state index contributed by atoms with van der Waals surface area (Å²) in [6, 6.07) is 0. The maximum Gasteiger partial charge on any atom is 0.330 e. The van der Waals surface area contributed by atoms with Crippen LogP contribution < -0.4 is 27.2 Å². The Hall–Kier alpha value is -3.24. The van der Waals surface area contributed by atoms with Crippen molar-refractivity contribution < 1.29 is 4.73 Å². The standard InChI is InChI=1S/C10H8N6O5/c1-14-5-3(7(17)12-9(14)19)16(21)4-6(11-5)15(2)10(20)13-8(4)18/h1-2H3,(H,12,17,19)(H,13,18,20). The molecule has 3 aromatic heterocycles. The minimum Gasteiger partial charge on any atom is -0.617 e. The number of nitrogens with zero attached hydrogens (tertiary/aromatic N) is 4. The first-order valence-corrected chi connectivity index (χ1v) is 5.68. The molecule has 11 heteroatoms. The predicted molar refractivity (Wildman–Crippen MR) is 69.9 cm³/mol. The van der Waals surface area contributed by atoms with Gasteiger partial charge in [0.2, 0.25) is 11.3 Å². The van der Waals surface area contributed by atoms with Crippen molar-refractivity contribution in [2.45, 2.75) is 0 Å². The van der Waals surface area contributed by atoms with Gasteiger partial charge in [-0.05, 0) is 0 Å². The Balaban J connectivity index is 2.84. The molecule has 0 bridgehead atoms. The zero-order valence-corrected chi connectivity index (χ0v) is 10.8. The maximum atomic E-state index is 12.3. The summed E-state index contributed by atoms with van der Waals surface area (Å²) in [6.07, 6.45) is 0. The average molecular weight is 292 g/mol. The van der Waals surface area contributed by atoms with Gasteiger partial charge in [-0.15, -0.1) is 4.73 Å². The monoisotopic (exact) mass is 292 g/mol. The largest absolute Gasteiger partial charge is 0.617 e. The first-order chi connectivity index (χ1) is 9.82. The molecule has 0 radical (unpaired) electrons. The molecular formula is C10H8N6O5. The van der Waals surface area contributed by atoms with Crippen molar-refractivity contribution in [1.29, 1.82) is 0 Å². The van der Waals surface area contributed by atoms with Crippen LogP contribution in [0.4, 0.5) is 0 Å². The van der Waals surface area contributed by atoms with Gasteiger partial charge in [0.05, 0.1) is 0 Å². The highest BCUT2D eigenvalue weighted by Crippen LogP contribution is 2.04. The van der Waals surface area contributed by atoms with Crippen LogP contribution in [0.5, 0.6) is 0 Å². The molecule has 11 nitrogen and oxygen atoms in total. The highest BCUT2D eigenvalue weighted by atomic mass is 16.5. The van der Waals surface area contributed by atoms with Crippen molar-refractivity contribution in [3.05, 3.63) is 46.9 Å². The quantitative estimate of drug-likeness (QED) is 0.253. The molecule has 3 rings (SSSR count). The third-order valence-corrected chi connectivity index (χ3v) is 3.16. The molecule has 3 heterocycles. The Bertz CT molecular complexity index is 1060. The fourth-order valence-electron chi connectivity index (χ4n) is 2.03. The van der Waals surface area contributed by atoms with E-state index in [0.717, 1.165) is 9.13 Å². The van der Waals surface area contributed by atoms with Crippen molar-refractivity contribution in [1.82, 2.24) is 24.1 Å². The van der Waals surface area contributed by atoms with E-state index in [1.165, 1.54) is 14.1 Å². The third-order valence-electron chi connectivity index (χ3n) is 3.16. The molecule has 0 unspecified atom stereocenters. The lowest BCUT2D eigenvalue weighted by Crippen LogP contribution is -2.44. The first-order valence-electron chi connectivity index (χ1n) is 5.68. The van der Waals surface area contributed by atoms with E-state index in [2.05, 4.69) is 4.98 Å². The number of aromatic nitrogens is 6. The summed E-state index contributed by atoms with van der Waals surface area (Å²) in [5.74, 6) is 0. The molecule has 108 valence electrons. The Labute approximate surface area is 113 Å². The van der Waals surface area contributed by atoms with E-state index in [0.29, 0.717) is 0 Å². The van der Waals surface area contributed by atoms with Crippen LogP contribution in [0.1, 0.15) is 0 Å². The summed E-state index contributed by atoms with van der Waals surface area (Å²) in [4.78, 5) is 54.4. The number of aryl methyl sites for hydroxylation is 2. The highest BCUT2D eigenvalue weighted by Gasteiger charge is 2.23. The Morgan fingerprint density at radius 1 is 0.905 bits per heavy atom. The van der Waals surface area contributed by atoms with E-state index in [9.17, 15) is 24.4 Å². The second-order valence-corrected chi connectivity index (χ2v) is 4.39.